The first-order chi connectivity index (χ1) is 10.1. The molecule has 3 fully saturated rings. The zero-order valence-corrected chi connectivity index (χ0v) is 16.5. The maximum atomic E-state index is 6.90. The molecule has 0 aromatic heterocycles. The molecule has 5 atom stereocenters. The van der Waals surface area contributed by atoms with Gasteiger partial charge in [0.25, 0.3) is 0 Å². The van der Waals surface area contributed by atoms with Crippen LogP contribution in [0.15, 0.2) is 0 Å². The predicted molar refractivity (Wildman–Crippen MR) is 96.1 cm³/mol. The van der Waals surface area contributed by atoms with Gasteiger partial charge >= 0.3 is 0 Å². The Morgan fingerprint density at radius 3 is 2.41 bits per heavy atom. The molecular formula is C20H34OSi. The van der Waals surface area contributed by atoms with E-state index in [1.54, 1.807) is 0 Å². The van der Waals surface area contributed by atoms with E-state index < -0.39 is 8.32 Å². The number of hydrogen-bond acceptors (Lipinski definition) is 1. The highest BCUT2D eigenvalue weighted by Gasteiger charge is 2.70. The molecule has 0 heterocycles. The second-order valence-electron chi connectivity index (χ2n) is 9.95. The van der Waals surface area contributed by atoms with Crippen LogP contribution in [0.5, 0.6) is 0 Å². The molecule has 0 aromatic carbocycles. The summed E-state index contributed by atoms with van der Waals surface area (Å²) >= 11 is 0. The van der Waals surface area contributed by atoms with Crippen molar-refractivity contribution in [1.82, 2.24) is 0 Å². The van der Waals surface area contributed by atoms with Crippen LogP contribution in [-0.4, -0.2) is 14.4 Å². The zero-order chi connectivity index (χ0) is 16.4. The smallest absolute Gasteiger partial charge is 0.192 e. The lowest BCUT2D eigenvalue weighted by Crippen LogP contribution is -2.50. The van der Waals surface area contributed by atoms with E-state index in [0.717, 1.165) is 5.92 Å². The lowest BCUT2D eigenvalue weighted by Gasteiger charge is -2.49. The van der Waals surface area contributed by atoms with Crippen LogP contribution in [0.1, 0.15) is 66.2 Å². The van der Waals surface area contributed by atoms with Gasteiger partial charge in [-0.1, -0.05) is 34.1 Å². The summed E-state index contributed by atoms with van der Waals surface area (Å²) in [6.45, 7) is 14.4. The first-order valence-corrected chi connectivity index (χ1v) is 12.1. The molecule has 124 valence electrons. The SMILES string of the molecule is C#C[C@H]1C[C@@]12CC[C@H]1[C@@H](O[Si](C)(C)C(C)(C)C)CCC[C@@]12C. The van der Waals surface area contributed by atoms with Crippen LogP contribution in [0.2, 0.25) is 18.1 Å². The summed E-state index contributed by atoms with van der Waals surface area (Å²) in [5.74, 6) is 4.38. The molecule has 2 heteroatoms. The Labute approximate surface area is 138 Å². The lowest BCUT2D eigenvalue weighted by atomic mass is 9.62. The van der Waals surface area contributed by atoms with Crippen LogP contribution in [-0.2, 0) is 4.43 Å². The van der Waals surface area contributed by atoms with Gasteiger partial charge in [0.2, 0.25) is 0 Å². The van der Waals surface area contributed by atoms with Crippen molar-refractivity contribution in [1.29, 1.82) is 0 Å². The normalized spacial score (nSPS) is 44.7. The Balaban J connectivity index is 1.81. The summed E-state index contributed by atoms with van der Waals surface area (Å²) in [7, 11) is -1.68. The average Bonchev–Trinajstić information content (AvgIpc) is 3.03. The summed E-state index contributed by atoms with van der Waals surface area (Å²) in [5.41, 5.74) is 0.914. The van der Waals surface area contributed by atoms with Gasteiger partial charge in [-0.2, -0.15) is 0 Å². The molecular weight excluding hydrogens is 284 g/mol. The molecule has 0 aromatic rings. The second kappa shape index (κ2) is 4.87. The maximum Gasteiger partial charge on any atom is 0.192 e. The molecule has 0 radical (unpaired) electrons. The van der Waals surface area contributed by atoms with E-state index >= 15 is 0 Å². The van der Waals surface area contributed by atoms with E-state index in [4.69, 9.17) is 10.8 Å². The van der Waals surface area contributed by atoms with E-state index in [9.17, 15) is 0 Å². The average molecular weight is 319 g/mol. The van der Waals surface area contributed by atoms with Crippen molar-refractivity contribution < 1.29 is 4.43 Å². The highest BCUT2D eigenvalue weighted by molar-refractivity contribution is 6.74. The Hall–Kier alpha value is -0.263. The fourth-order valence-corrected chi connectivity index (χ4v) is 6.81. The van der Waals surface area contributed by atoms with E-state index in [2.05, 4.69) is 46.7 Å². The molecule has 0 aliphatic heterocycles. The topological polar surface area (TPSA) is 9.23 Å². The van der Waals surface area contributed by atoms with Gasteiger partial charge in [0, 0.05) is 12.0 Å². The van der Waals surface area contributed by atoms with Crippen LogP contribution in [0.3, 0.4) is 0 Å². The van der Waals surface area contributed by atoms with E-state index in [1.165, 1.54) is 38.5 Å². The van der Waals surface area contributed by atoms with Crippen molar-refractivity contribution in [2.24, 2.45) is 22.7 Å². The summed E-state index contributed by atoms with van der Waals surface area (Å²) in [6, 6.07) is 0. The minimum Gasteiger partial charge on any atom is -0.414 e. The number of hydrogen-bond donors (Lipinski definition) is 0. The third-order valence-electron chi connectivity index (χ3n) is 8.02. The molecule has 3 aliphatic carbocycles. The third kappa shape index (κ3) is 2.15. The summed E-state index contributed by atoms with van der Waals surface area (Å²) < 4.78 is 6.90. The van der Waals surface area contributed by atoms with Gasteiger partial charge in [-0.05, 0) is 67.0 Å². The predicted octanol–water partition coefficient (Wildman–Crippen LogP) is 5.62. The molecule has 3 rings (SSSR count). The van der Waals surface area contributed by atoms with Gasteiger partial charge in [-0.3, -0.25) is 0 Å². The van der Waals surface area contributed by atoms with Crippen LogP contribution < -0.4 is 0 Å². The molecule has 0 saturated heterocycles. The van der Waals surface area contributed by atoms with E-state index in [0.29, 0.717) is 27.9 Å². The maximum absolute atomic E-state index is 6.90. The lowest BCUT2D eigenvalue weighted by molar-refractivity contribution is -0.0184. The molecule has 3 saturated carbocycles. The number of fused-ring (bicyclic) bond motifs is 2. The van der Waals surface area contributed by atoms with Gasteiger partial charge < -0.3 is 4.43 Å². The minimum atomic E-state index is -1.68. The minimum absolute atomic E-state index is 0.304. The fraction of sp³-hybridized carbons (Fsp3) is 0.900. The Kier molecular flexibility index (Phi) is 3.67. The van der Waals surface area contributed by atoms with E-state index in [-0.39, 0.29) is 0 Å². The van der Waals surface area contributed by atoms with Gasteiger partial charge in [-0.25, -0.2) is 0 Å². The number of rotatable bonds is 2. The van der Waals surface area contributed by atoms with Crippen molar-refractivity contribution in [3.05, 3.63) is 0 Å². The van der Waals surface area contributed by atoms with Gasteiger partial charge in [0.1, 0.15) is 0 Å². The van der Waals surface area contributed by atoms with Crippen molar-refractivity contribution >= 4 is 8.32 Å². The standard InChI is InChI=1S/C20H34OSi/c1-8-15-14-20(15)13-11-16-17(10-9-12-19(16,20)5)21-22(6,7)18(2,3)4/h1,15-17H,9-14H2,2-7H3/t15-,16-,17-,19-,20-/m0/s1. The molecule has 0 unspecified atom stereocenters. The molecule has 0 amide bonds. The zero-order valence-electron chi connectivity index (χ0n) is 15.5. The largest absolute Gasteiger partial charge is 0.414 e. The van der Waals surface area contributed by atoms with Crippen LogP contribution in [0, 0.1) is 35.0 Å². The Morgan fingerprint density at radius 1 is 1.18 bits per heavy atom. The third-order valence-corrected chi connectivity index (χ3v) is 12.5. The molecule has 0 bridgehead atoms. The van der Waals surface area contributed by atoms with Gasteiger partial charge in [0.15, 0.2) is 8.32 Å². The van der Waals surface area contributed by atoms with Crippen molar-refractivity contribution in [2.45, 2.75) is 90.5 Å². The highest BCUT2D eigenvalue weighted by Crippen LogP contribution is 2.76. The van der Waals surface area contributed by atoms with Gasteiger partial charge in [0.05, 0.1) is 0 Å². The Bertz CT molecular complexity index is 497. The van der Waals surface area contributed by atoms with Crippen LogP contribution >= 0.6 is 0 Å². The van der Waals surface area contributed by atoms with Gasteiger partial charge in [-0.15, -0.1) is 12.3 Å². The van der Waals surface area contributed by atoms with Crippen molar-refractivity contribution in [2.75, 3.05) is 0 Å². The highest BCUT2D eigenvalue weighted by atomic mass is 28.4. The second-order valence-corrected chi connectivity index (χ2v) is 14.7. The molecule has 1 nitrogen and oxygen atoms in total. The number of terminal acetylenes is 1. The Morgan fingerprint density at radius 2 is 1.86 bits per heavy atom. The molecule has 22 heavy (non-hydrogen) atoms. The first-order valence-electron chi connectivity index (χ1n) is 9.21. The monoisotopic (exact) mass is 318 g/mol. The first kappa shape index (κ1) is 16.6. The summed E-state index contributed by atoms with van der Waals surface area (Å²) in [4.78, 5) is 0. The van der Waals surface area contributed by atoms with Crippen molar-refractivity contribution in [3.63, 3.8) is 0 Å². The molecule has 0 N–H and O–H groups in total. The van der Waals surface area contributed by atoms with Crippen molar-refractivity contribution in [3.8, 4) is 12.3 Å². The fourth-order valence-electron chi connectivity index (χ4n) is 5.42. The van der Waals surface area contributed by atoms with Crippen LogP contribution in [0.25, 0.3) is 0 Å². The van der Waals surface area contributed by atoms with Crippen LogP contribution in [0.4, 0.5) is 0 Å². The van der Waals surface area contributed by atoms with E-state index in [1.807, 2.05) is 0 Å². The molecule has 3 aliphatic rings. The summed E-state index contributed by atoms with van der Waals surface area (Å²) in [5, 5.41) is 0.304. The molecule has 1 spiro atoms. The summed E-state index contributed by atoms with van der Waals surface area (Å²) in [6.07, 6.45) is 14.2. The quantitative estimate of drug-likeness (QED) is 0.474.